The molecule has 0 fully saturated rings. The van der Waals surface area contributed by atoms with E-state index >= 15 is 0 Å². The van der Waals surface area contributed by atoms with Gasteiger partial charge in [0.15, 0.2) is 0 Å². The largest absolute Gasteiger partial charge is 0.361 e. The first-order valence-electron chi connectivity index (χ1n) is 8.20. The number of halogens is 1. The molecule has 8 nitrogen and oxygen atoms in total. The van der Waals surface area contributed by atoms with Crippen molar-refractivity contribution in [1.82, 2.24) is 14.9 Å². The smallest absolute Gasteiger partial charge is 0.246 e. The highest BCUT2D eigenvalue weighted by Gasteiger charge is 2.14. The van der Waals surface area contributed by atoms with Gasteiger partial charge in [-0.15, -0.1) is 0 Å². The van der Waals surface area contributed by atoms with E-state index in [2.05, 4.69) is 20.9 Å². The zero-order chi connectivity index (χ0) is 19.4. The minimum Gasteiger partial charge on any atom is -0.361 e. The second-order valence-electron chi connectivity index (χ2n) is 6.01. The van der Waals surface area contributed by atoms with Crippen molar-refractivity contribution in [1.29, 1.82) is 0 Å². The lowest BCUT2D eigenvalue weighted by atomic mass is 10.1. The topological polar surface area (TPSA) is 102 Å². The highest BCUT2D eigenvalue weighted by molar-refractivity contribution is 5.92. The van der Waals surface area contributed by atoms with Crippen molar-refractivity contribution >= 4 is 23.2 Å². The fourth-order valence-electron chi connectivity index (χ4n) is 2.52. The summed E-state index contributed by atoms with van der Waals surface area (Å²) in [6.45, 7) is 3.48. The van der Waals surface area contributed by atoms with Crippen molar-refractivity contribution in [3.05, 3.63) is 59.5 Å². The number of hydrogen-bond acceptors (Lipinski definition) is 5. The molecule has 0 saturated heterocycles. The van der Waals surface area contributed by atoms with Crippen LogP contribution in [0.3, 0.4) is 0 Å². The quantitative estimate of drug-likeness (QED) is 0.693. The van der Waals surface area contributed by atoms with Gasteiger partial charge in [0.2, 0.25) is 11.8 Å². The molecule has 3 aromatic rings. The summed E-state index contributed by atoms with van der Waals surface area (Å²) >= 11 is 0. The van der Waals surface area contributed by atoms with Crippen molar-refractivity contribution in [2.45, 2.75) is 26.8 Å². The van der Waals surface area contributed by atoms with Crippen LogP contribution in [0.15, 0.2) is 41.2 Å². The van der Waals surface area contributed by atoms with E-state index in [-0.39, 0.29) is 30.6 Å². The number of benzene rings is 1. The standard InChI is InChI=1S/C18H18FN5O3/c1-11-16(12(2)27-23-11)7-17(25)22-15-8-20-24(9-15)10-18(26)21-14-5-3-13(19)4-6-14/h3-6,8-9H,7,10H2,1-2H3,(H,21,26)(H,22,25). The lowest BCUT2D eigenvalue weighted by Crippen LogP contribution is -2.19. The van der Waals surface area contributed by atoms with Crippen LogP contribution in [0.5, 0.6) is 0 Å². The summed E-state index contributed by atoms with van der Waals surface area (Å²) in [5, 5.41) is 13.2. The molecule has 3 rings (SSSR count). The molecule has 1 aromatic carbocycles. The molecule has 2 heterocycles. The molecule has 2 N–H and O–H groups in total. The Labute approximate surface area is 154 Å². The van der Waals surface area contributed by atoms with Gasteiger partial charge in [0.05, 0.1) is 24.0 Å². The number of nitrogens with zero attached hydrogens (tertiary/aromatic N) is 3. The van der Waals surface area contributed by atoms with Crippen LogP contribution in [-0.4, -0.2) is 26.8 Å². The molecular formula is C18H18FN5O3. The predicted molar refractivity (Wildman–Crippen MR) is 95.6 cm³/mol. The van der Waals surface area contributed by atoms with Crippen LogP contribution in [0.1, 0.15) is 17.0 Å². The second kappa shape index (κ2) is 7.81. The van der Waals surface area contributed by atoms with Gasteiger partial charge in [0.1, 0.15) is 18.1 Å². The van der Waals surface area contributed by atoms with Crippen molar-refractivity contribution in [2.75, 3.05) is 10.6 Å². The Balaban J connectivity index is 1.54. The van der Waals surface area contributed by atoms with Gasteiger partial charge in [0, 0.05) is 17.4 Å². The van der Waals surface area contributed by atoms with E-state index in [0.717, 1.165) is 5.56 Å². The van der Waals surface area contributed by atoms with Crippen LogP contribution in [0, 0.1) is 19.7 Å². The Hall–Kier alpha value is -3.49. The van der Waals surface area contributed by atoms with Gasteiger partial charge in [-0.05, 0) is 38.1 Å². The molecule has 2 amide bonds. The first-order valence-corrected chi connectivity index (χ1v) is 8.20. The van der Waals surface area contributed by atoms with Crippen LogP contribution in [0.2, 0.25) is 0 Å². The van der Waals surface area contributed by atoms with E-state index in [1.807, 2.05) is 0 Å². The number of hydrogen-bond donors (Lipinski definition) is 2. The lowest BCUT2D eigenvalue weighted by molar-refractivity contribution is -0.117. The zero-order valence-electron chi connectivity index (χ0n) is 14.8. The van der Waals surface area contributed by atoms with Crippen LogP contribution >= 0.6 is 0 Å². The molecule has 0 aliphatic rings. The van der Waals surface area contributed by atoms with E-state index < -0.39 is 0 Å². The predicted octanol–water partition coefficient (Wildman–Crippen LogP) is 2.45. The molecule has 0 spiro atoms. The SMILES string of the molecule is Cc1noc(C)c1CC(=O)Nc1cnn(CC(=O)Nc2ccc(F)cc2)c1. The Kier molecular flexibility index (Phi) is 5.30. The van der Waals surface area contributed by atoms with Gasteiger partial charge < -0.3 is 15.2 Å². The third-order valence-electron chi connectivity index (χ3n) is 3.87. The molecule has 9 heteroatoms. The Morgan fingerprint density at radius 3 is 2.48 bits per heavy atom. The first-order chi connectivity index (χ1) is 12.9. The third kappa shape index (κ3) is 4.78. The average molecular weight is 371 g/mol. The Bertz CT molecular complexity index is 942. The summed E-state index contributed by atoms with van der Waals surface area (Å²) in [7, 11) is 0. The highest BCUT2D eigenvalue weighted by atomic mass is 19.1. The molecule has 140 valence electrons. The van der Waals surface area contributed by atoms with Crippen LogP contribution in [0.4, 0.5) is 15.8 Å². The van der Waals surface area contributed by atoms with E-state index in [1.54, 1.807) is 20.0 Å². The summed E-state index contributed by atoms with van der Waals surface area (Å²) in [5.41, 5.74) is 2.39. The molecule has 27 heavy (non-hydrogen) atoms. The monoisotopic (exact) mass is 371 g/mol. The number of carbonyl (C=O) groups excluding carboxylic acids is 2. The fourth-order valence-corrected chi connectivity index (χ4v) is 2.52. The van der Waals surface area contributed by atoms with Crippen molar-refractivity contribution in [3.8, 4) is 0 Å². The van der Waals surface area contributed by atoms with Crippen LogP contribution in [0.25, 0.3) is 0 Å². The summed E-state index contributed by atoms with van der Waals surface area (Å²) in [6.07, 6.45) is 3.14. The summed E-state index contributed by atoms with van der Waals surface area (Å²) in [4.78, 5) is 24.2. The number of nitrogens with one attached hydrogen (secondary N) is 2. The number of rotatable bonds is 6. The molecule has 0 atom stereocenters. The fraction of sp³-hybridized carbons (Fsp3) is 0.222. The Morgan fingerprint density at radius 1 is 1.11 bits per heavy atom. The van der Waals surface area contributed by atoms with Crippen LogP contribution in [-0.2, 0) is 22.6 Å². The number of aromatic nitrogens is 3. The third-order valence-corrected chi connectivity index (χ3v) is 3.87. The molecular weight excluding hydrogens is 353 g/mol. The van der Waals surface area contributed by atoms with Crippen molar-refractivity contribution < 1.29 is 18.5 Å². The number of aryl methyl sites for hydroxylation is 2. The van der Waals surface area contributed by atoms with E-state index in [4.69, 9.17) is 4.52 Å². The lowest BCUT2D eigenvalue weighted by Gasteiger charge is -2.05. The second-order valence-corrected chi connectivity index (χ2v) is 6.01. The molecule has 0 radical (unpaired) electrons. The number of amides is 2. The molecule has 0 unspecified atom stereocenters. The van der Waals surface area contributed by atoms with Crippen molar-refractivity contribution in [3.63, 3.8) is 0 Å². The maximum atomic E-state index is 12.9. The van der Waals surface area contributed by atoms with Gasteiger partial charge >= 0.3 is 0 Å². The first kappa shape index (κ1) is 18.3. The van der Waals surface area contributed by atoms with Gasteiger partial charge in [-0.1, -0.05) is 5.16 Å². The molecule has 0 bridgehead atoms. The average Bonchev–Trinajstić information content (AvgIpc) is 3.18. The molecule has 0 aliphatic heterocycles. The minimum absolute atomic E-state index is 0.0445. The van der Waals surface area contributed by atoms with Gasteiger partial charge in [-0.3, -0.25) is 14.3 Å². The van der Waals surface area contributed by atoms with E-state index in [1.165, 1.54) is 35.1 Å². The summed E-state index contributed by atoms with van der Waals surface area (Å²) in [5.74, 6) is -0.328. The molecule has 2 aromatic heterocycles. The van der Waals surface area contributed by atoms with E-state index in [0.29, 0.717) is 22.8 Å². The van der Waals surface area contributed by atoms with E-state index in [9.17, 15) is 14.0 Å². The summed E-state index contributed by atoms with van der Waals surface area (Å²) < 4.78 is 19.3. The van der Waals surface area contributed by atoms with Crippen LogP contribution < -0.4 is 10.6 Å². The zero-order valence-corrected chi connectivity index (χ0v) is 14.8. The maximum absolute atomic E-state index is 12.9. The maximum Gasteiger partial charge on any atom is 0.246 e. The minimum atomic E-state index is -0.378. The molecule has 0 aliphatic carbocycles. The van der Waals surface area contributed by atoms with Crippen molar-refractivity contribution in [2.24, 2.45) is 0 Å². The Morgan fingerprint density at radius 2 is 1.81 bits per heavy atom. The van der Waals surface area contributed by atoms with Gasteiger partial charge in [-0.2, -0.15) is 5.10 Å². The molecule has 0 saturated carbocycles. The normalized spacial score (nSPS) is 10.6. The van der Waals surface area contributed by atoms with Gasteiger partial charge in [0.25, 0.3) is 0 Å². The number of carbonyl (C=O) groups is 2. The summed E-state index contributed by atoms with van der Waals surface area (Å²) in [6, 6.07) is 5.46. The van der Waals surface area contributed by atoms with Gasteiger partial charge in [-0.25, -0.2) is 4.39 Å². The highest BCUT2D eigenvalue weighted by Crippen LogP contribution is 2.14. The number of anilines is 2.